The highest BCUT2D eigenvalue weighted by atomic mass is 16.1. The molecule has 1 radical (unpaired) electrons. The van der Waals surface area contributed by atoms with Gasteiger partial charge in [-0.3, -0.25) is 4.79 Å². The van der Waals surface area contributed by atoms with E-state index in [-0.39, 0.29) is 5.91 Å². The highest BCUT2D eigenvalue weighted by Gasteiger charge is 2.07. The van der Waals surface area contributed by atoms with Crippen molar-refractivity contribution in [1.82, 2.24) is 0 Å². The van der Waals surface area contributed by atoms with E-state index >= 15 is 0 Å². The number of aryl methyl sites for hydroxylation is 2. The summed E-state index contributed by atoms with van der Waals surface area (Å²) in [6.07, 6.45) is 0.391. The molecule has 0 heterocycles. The molecule has 0 aliphatic heterocycles. The fraction of sp³-hybridized carbons (Fsp3) is 0.188. The summed E-state index contributed by atoms with van der Waals surface area (Å²) in [6, 6.07) is 16.4. The second-order valence-electron chi connectivity index (χ2n) is 4.40. The van der Waals surface area contributed by atoms with Gasteiger partial charge in [0.1, 0.15) is 0 Å². The van der Waals surface area contributed by atoms with Gasteiger partial charge < -0.3 is 5.32 Å². The highest BCUT2D eigenvalue weighted by molar-refractivity contribution is 5.93. The molecular formula is C16H16NO. The molecule has 2 heteroatoms. The maximum absolute atomic E-state index is 12.0. The summed E-state index contributed by atoms with van der Waals surface area (Å²) in [5, 5.41) is 2.98. The molecule has 1 N–H and O–H groups in total. The predicted molar refractivity (Wildman–Crippen MR) is 73.5 cm³/mol. The molecule has 0 aliphatic carbocycles. The average molecular weight is 238 g/mol. The van der Waals surface area contributed by atoms with E-state index in [1.807, 2.05) is 56.3 Å². The molecule has 91 valence electrons. The number of carbonyl (C=O) groups excluding carboxylic acids is 1. The summed E-state index contributed by atoms with van der Waals surface area (Å²) in [6.45, 7) is 4.00. The third kappa shape index (κ3) is 2.98. The van der Waals surface area contributed by atoms with Gasteiger partial charge in [0.05, 0.1) is 6.42 Å². The molecule has 18 heavy (non-hydrogen) atoms. The van der Waals surface area contributed by atoms with Gasteiger partial charge in [0.25, 0.3) is 0 Å². The van der Waals surface area contributed by atoms with E-state index in [0.717, 1.165) is 22.4 Å². The van der Waals surface area contributed by atoms with Crippen LogP contribution in [0.1, 0.15) is 16.7 Å². The maximum atomic E-state index is 12.0. The molecular weight excluding hydrogens is 222 g/mol. The lowest BCUT2D eigenvalue weighted by molar-refractivity contribution is -0.115. The van der Waals surface area contributed by atoms with Crippen LogP contribution in [0.5, 0.6) is 0 Å². The van der Waals surface area contributed by atoms with Crippen LogP contribution in [0, 0.1) is 19.9 Å². The Morgan fingerprint density at radius 3 is 2.33 bits per heavy atom. The standard InChI is InChI=1S/C16H16NO/c1-12-7-6-8-13(2)16(12)17-15(18)11-14-9-4-3-5-10-14/h4-10H,11H2,1-2H3,(H,17,18). The first-order valence-electron chi connectivity index (χ1n) is 5.98. The van der Waals surface area contributed by atoms with Crippen LogP contribution in [0.15, 0.2) is 42.5 Å². The van der Waals surface area contributed by atoms with E-state index < -0.39 is 0 Å². The quantitative estimate of drug-likeness (QED) is 0.873. The van der Waals surface area contributed by atoms with Crippen LogP contribution in [0.2, 0.25) is 0 Å². The zero-order valence-electron chi connectivity index (χ0n) is 10.7. The van der Waals surface area contributed by atoms with E-state index in [0.29, 0.717) is 6.42 Å². The van der Waals surface area contributed by atoms with Crippen molar-refractivity contribution in [2.45, 2.75) is 20.3 Å². The van der Waals surface area contributed by atoms with Crippen molar-refractivity contribution in [3.8, 4) is 0 Å². The first-order valence-corrected chi connectivity index (χ1v) is 5.98. The molecule has 0 spiro atoms. The molecule has 1 amide bonds. The molecule has 0 bridgehead atoms. The molecule has 2 aromatic carbocycles. The minimum atomic E-state index is 0.0126. The van der Waals surface area contributed by atoms with Crippen molar-refractivity contribution in [2.24, 2.45) is 0 Å². The van der Waals surface area contributed by atoms with Crippen LogP contribution < -0.4 is 5.32 Å². The monoisotopic (exact) mass is 238 g/mol. The Kier molecular flexibility index (Phi) is 3.78. The second-order valence-corrected chi connectivity index (χ2v) is 4.40. The number of para-hydroxylation sites is 1. The molecule has 2 nitrogen and oxygen atoms in total. The van der Waals surface area contributed by atoms with Gasteiger partial charge in [0, 0.05) is 5.69 Å². The predicted octanol–water partition coefficient (Wildman–Crippen LogP) is 3.28. The molecule has 0 atom stereocenters. The Hall–Kier alpha value is -2.09. The molecule has 0 saturated heterocycles. The van der Waals surface area contributed by atoms with Crippen molar-refractivity contribution in [3.63, 3.8) is 0 Å². The van der Waals surface area contributed by atoms with Crippen LogP contribution >= 0.6 is 0 Å². The van der Waals surface area contributed by atoms with Crippen LogP contribution in [-0.4, -0.2) is 5.91 Å². The summed E-state index contributed by atoms with van der Waals surface area (Å²) >= 11 is 0. The number of benzene rings is 2. The third-order valence-electron chi connectivity index (χ3n) is 2.90. The molecule has 0 aromatic heterocycles. The van der Waals surface area contributed by atoms with E-state index in [9.17, 15) is 4.79 Å². The van der Waals surface area contributed by atoms with Gasteiger partial charge in [0.2, 0.25) is 5.91 Å². The summed E-state index contributed by atoms with van der Waals surface area (Å²) in [5.41, 5.74) is 4.09. The molecule has 0 fully saturated rings. The average Bonchev–Trinajstić information content (AvgIpc) is 2.35. The Bertz CT molecular complexity index is 526. The number of carbonyl (C=O) groups is 1. The molecule has 2 rings (SSSR count). The minimum absolute atomic E-state index is 0.0126. The van der Waals surface area contributed by atoms with Crippen LogP contribution in [0.25, 0.3) is 0 Å². The second kappa shape index (κ2) is 5.50. The van der Waals surface area contributed by atoms with Crippen molar-refractivity contribution in [3.05, 3.63) is 65.2 Å². The van der Waals surface area contributed by atoms with E-state index in [1.54, 1.807) is 0 Å². The number of nitrogens with one attached hydrogen (secondary N) is 1. The lowest BCUT2D eigenvalue weighted by atomic mass is 10.1. The molecule has 0 unspecified atom stereocenters. The van der Waals surface area contributed by atoms with Gasteiger partial charge in [-0.05, 0) is 36.6 Å². The topological polar surface area (TPSA) is 29.1 Å². The van der Waals surface area contributed by atoms with Crippen LogP contribution in [0.4, 0.5) is 5.69 Å². The highest BCUT2D eigenvalue weighted by Crippen LogP contribution is 2.19. The van der Waals surface area contributed by atoms with Crippen molar-refractivity contribution in [1.29, 1.82) is 0 Å². The zero-order valence-corrected chi connectivity index (χ0v) is 10.7. The van der Waals surface area contributed by atoms with Crippen molar-refractivity contribution >= 4 is 11.6 Å². The maximum Gasteiger partial charge on any atom is 0.228 e. The summed E-state index contributed by atoms with van der Waals surface area (Å²) in [4.78, 5) is 12.0. The largest absolute Gasteiger partial charge is 0.325 e. The number of amides is 1. The molecule has 0 saturated carbocycles. The third-order valence-corrected chi connectivity index (χ3v) is 2.90. The zero-order chi connectivity index (χ0) is 13.0. The summed E-state index contributed by atoms with van der Waals surface area (Å²) < 4.78 is 0. The number of hydrogen-bond acceptors (Lipinski definition) is 1. The van der Waals surface area contributed by atoms with Crippen LogP contribution in [-0.2, 0) is 11.2 Å². The van der Waals surface area contributed by atoms with Crippen molar-refractivity contribution in [2.75, 3.05) is 5.32 Å². The van der Waals surface area contributed by atoms with Gasteiger partial charge in [-0.2, -0.15) is 0 Å². The Morgan fingerprint density at radius 2 is 1.72 bits per heavy atom. The normalized spacial score (nSPS) is 10.1. The molecule has 0 aliphatic rings. The van der Waals surface area contributed by atoms with Gasteiger partial charge in [-0.1, -0.05) is 42.5 Å². The van der Waals surface area contributed by atoms with Gasteiger partial charge in [0.15, 0.2) is 0 Å². The van der Waals surface area contributed by atoms with E-state index in [2.05, 4.69) is 11.4 Å². The Labute approximate surface area is 108 Å². The first-order chi connectivity index (χ1) is 8.66. The van der Waals surface area contributed by atoms with Gasteiger partial charge in [-0.15, -0.1) is 0 Å². The number of anilines is 1. The van der Waals surface area contributed by atoms with Crippen LogP contribution in [0.3, 0.4) is 0 Å². The number of rotatable bonds is 3. The van der Waals surface area contributed by atoms with E-state index in [4.69, 9.17) is 0 Å². The first kappa shape index (κ1) is 12.4. The van der Waals surface area contributed by atoms with Crippen molar-refractivity contribution < 1.29 is 4.79 Å². The van der Waals surface area contributed by atoms with Gasteiger partial charge in [-0.25, -0.2) is 0 Å². The SMILES string of the molecule is Cc1cccc(C)c1NC(=O)Cc1cc[c]cc1. The fourth-order valence-corrected chi connectivity index (χ4v) is 1.92. The lowest BCUT2D eigenvalue weighted by Crippen LogP contribution is -2.15. The van der Waals surface area contributed by atoms with E-state index in [1.165, 1.54) is 0 Å². The lowest BCUT2D eigenvalue weighted by Gasteiger charge is -2.11. The Morgan fingerprint density at radius 1 is 1.11 bits per heavy atom. The fourth-order valence-electron chi connectivity index (χ4n) is 1.92. The smallest absolute Gasteiger partial charge is 0.228 e. The summed E-state index contributed by atoms with van der Waals surface area (Å²) in [5.74, 6) is 0.0126. The number of hydrogen-bond donors (Lipinski definition) is 1. The minimum Gasteiger partial charge on any atom is -0.325 e. The Balaban J connectivity index is 2.08. The van der Waals surface area contributed by atoms with Gasteiger partial charge >= 0.3 is 0 Å². The summed E-state index contributed by atoms with van der Waals surface area (Å²) in [7, 11) is 0. The molecule has 2 aromatic rings.